The number of hydrogen-bond acceptors (Lipinski definition) is 9. The molecule has 0 atom stereocenters. The number of benzene rings is 1. The molecule has 2 N–H and O–H groups in total. The Balaban J connectivity index is 2.16. The molecule has 0 saturated heterocycles. The van der Waals surface area contributed by atoms with Crippen molar-refractivity contribution in [2.24, 2.45) is 10.2 Å². The second-order valence-corrected chi connectivity index (χ2v) is 5.25. The first-order valence-electron chi connectivity index (χ1n) is 7.21. The van der Waals surface area contributed by atoms with E-state index in [4.69, 9.17) is 0 Å². The number of nitro groups is 2. The number of allylic oxidation sites excluding steroid dienone is 3. The highest BCUT2D eigenvalue weighted by Crippen LogP contribution is 2.21. The lowest BCUT2D eigenvalue weighted by Crippen LogP contribution is -2.25. The molecule has 0 fully saturated rings. The Kier molecular flexibility index (Phi) is 4.21. The number of aromatic hydroxyl groups is 1. The normalized spacial score (nSPS) is 16.4. The molecule has 1 aromatic heterocycles. The van der Waals surface area contributed by atoms with E-state index >= 15 is 0 Å². The predicted molar refractivity (Wildman–Crippen MR) is 88.9 cm³/mol. The minimum absolute atomic E-state index is 0.0151. The van der Waals surface area contributed by atoms with Gasteiger partial charge < -0.3 is 10.3 Å². The van der Waals surface area contributed by atoms with Crippen LogP contribution in [0.3, 0.4) is 0 Å². The van der Waals surface area contributed by atoms with Gasteiger partial charge in [0.25, 0.3) is 11.5 Å². The van der Waals surface area contributed by atoms with Crippen molar-refractivity contribution < 1.29 is 25.0 Å². The van der Waals surface area contributed by atoms with Crippen LogP contribution in [-0.4, -0.2) is 36.4 Å². The fourth-order valence-electron chi connectivity index (χ4n) is 2.34. The lowest BCUT2D eigenvalue weighted by molar-refractivity contribution is -0.430. The van der Waals surface area contributed by atoms with Gasteiger partial charge in [-0.3, -0.25) is 25.0 Å². The Bertz CT molecular complexity index is 1170. The van der Waals surface area contributed by atoms with E-state index in [0.29, 0.717) is 16.2 Å². The molecule has 0 spiro atoms. The third kappa shape index (κ3) is 3.13. The number of pyridine rings is 1. The average Bonchev–Trinajstić information content (AvgIpc) is 2.61. The van der Waals surface area contributed by atoms with Crippen molar-refractivity contribution in [1.29, 1.82) is 0 Å². The van der Waals surface area contributed by atoms with Crippen molar-refractivity contribution in [3.05, 3.63) is 79.6 Å². The number of phenols is 1. The third-order valence-corrected chi connectivity index (χ3v) is 3.59. The first-order chi connectivity index (χ1) is 12.8. The molecule has 0 radical (unpaired) electrons. The molecule has 1 aliphatic rings. The zero-order valence-corrected chi connectivity index (χ0v) is 13.2. The number of ketones is 1. The summed E-state index contributed by atoms with van der Waals surface area (Å²) in [6.45, 7) is 0. The predicted octanol–water partition coefficient (Wildman–Crippen LogP) is 0.745. The first-order valence-corrected chi connectivity index (χ1v) is 7.21. The molecule has 1 aliphatic carbocycles. The van der Waals surface area contributed by atoms with Crippen molar-refractivity contribution >= 4 is 22.4 Å². The largest absolute Gasteiger partial charge is 0.506 e. The lowest BCUT2D eigenvalue weighted by atomic mass is 10.1. The van der Waals surface area contributed by atoms with Gasteiger partial charge in [0.15, 0.2) is 5.49 Å². The van der Waals surface area contributed by atoms with Crippen LogP contribution < -0.4 is 5.49 Å². The topological polar surface area (TPSA) is 173 Å². The second-order valence-electron chi connectivity index (χ2n) is 5.25. The van der Waals surface area contributed by atoms with Crippen LogP contribution in [0, 0.1) is 20.2 Å². The fraction of sp³-hybridized carbons (Fsp3) is 0. The standard InChI is InChI=1S/C15H9N5O7/c21-12-3-1-2-8-4-5-13(18(23)14(8)12)17-16-10-6-9(19(24)25)7-11(15(10)22)20(26)27/h1-7,21,23H. The zero-order valence-electron chi connectivity index (χ0n) is 13.2. The smallest absolute Gasteiger partial charge is 0.325 e. The van der Waals surface area contributed by atoms with Crippen LogP contribution >= 0.6 is 0 Å². The molecule has 27 heavy (non-hydrogen) atoms. The highest BCUT2D eigenvalue weighted by Gasteiger charge is 2.34. The van der Waals surface area contributed by atoms with Crippen LogP contribution in [0.1, 0.15) is 0 Å². The van der Waals surface area contributed by atoms with Gasteiger partial charge in [-0.25, -0.2) is 0 Å². The minimum Gasteiger partial charge on any atom is -0.506 e. The van der Waals surface area contributed by atoms with Crippen molar-refractivity contribution in [1.82, 2.24) is 4.73 Å². The molecule has 0 amide bonds. The Hall–Kier alpha value is -4.35. The highest BCUT2D eigenvalue weighted by molar-refractivity contribution is 6.49. The molecular weight excluding hydrogens is 362 g/mol. The summed E-state index contributed by atoms with van der Waals surface area (Å²) in [6, 6.07) is 7.31. The van der Waals surface area contributed by atoms with E-state index in [-0.39, 0.29) is 16.8 Å². The van der Waals surface area contributed by atoms with E-state index in [1.54, 1.807) is 12.1 Å². The summed E-state index contributed by atoms with van der Waals surface area (Å²) < 4.78 is 0.504. The molecule has 12 nitrogen and oxygen atoms in total. The van der Waals surface area contributed by atoms with Crippen molar-refractivity contribution in [2.75, 3.05) is 0 Å². The first kappa shape index (κ1) is 17.5. The van der Waals surface area contributed by atoms with Gasteiger partial charge in [0, 0.05) is 11.5 Å². The monoisotopic (exact) mass is 371 g/mol. The maximum absolute atomic E-state index is 12.0. The van der Waals surface area contributed by atoms with Crippen LogP contribution in [0.2, 0.25) is 0 Å². The van der Waals surface area contributed by atoms with E-state index in [0.717, 1.165) is 6.08 Å². The second kappa shape index (κ2) is 6.51. The minimum atomic E-state index is -1.16. The summed E-state index contributed by atoms with van der Waals surface area (Å²) in [5.74, 6) is -1.41. The Morgan fingerprint density at radius 3 is 2.41 bits per heavy atom. The number of hydrogen-bond donors (Lipinski definition) is 2. The van der Waals surface area contributed by atoms with E-state index in [1.165, 1.54) is 18.2 Å². The number of phenolic OH excluding ortho intramolecular Hbond substituents is 1. The van der Waals surface area contributed by atoms with Gasteiger partial charge in [0.1, 0.15) is 17.0 Å². The van der Waals surface area contributed by atoms with E-state index < -0.39 is 32.7 Å². The summed E-state index contributed by atoms with van der Waals surface area (Å²) in [4.78, 5) is 31.8. The van der Waals surface area contributed by atoms with Crippen LogP contribution in [0.4, 0.5) is 0 Å². The number of carbonyl (C=O) groups is 1. The highest BCUT2D eigenvalue weighted by atomic mass is 16.6. The van der Waals surface area contributed by atoms with Crippen molar-refractivity contribution in [3.8, 4) is 5.75 Å². The zero-order chi connectivity index (χ0) is 19.7. The number of nitrogens with zero attached hydrogens (tertiary/aromatic N) is 5. The average molecular weight is 371 g/mol. The maximum Gasteiger partial charge on any atom is 0.325 e. The van der Waals surface area contributed by atoms with Crippen LogP contribution in [0.15, 0.2) is 64.1 Å². The Morgan fingerprint density at radius 1 is 1.00 bits per heavy atom. The molecule has 136 valence electrons. The lowest BCUT2D eigenvalue weighted by Gasteiger charge is -2.06. The van der Waals surface area contributed by atoms with Gasteiger partial charge in [-0.1, -0.05) is 12.1 Å². The Labute approximate surface area is 148 Å². The summed E-state index contributed by atoms with van der Waals surface area (Å²) >= 11 is 0. The molecule has 1 heterocycles. The quantitative estimate of drug-likeness (QED) is 0.346. The number of fused-ring (bicyclic) bond motifs is 1. The molecule has 12 heteroatoms. The molecular formula is C15H9N5O7. The van der Waals surface area contributed by atoms with Gasteiger partial charge in [0.05, 0.1) is 15.9 Å². The molecule has 0 bridgehead atoms. The molecule has 0 unspecified atom stereocenters. The van der Waals surface area contributed by atoms with Gasteiger partial charge in [-0.15, -0.1) is 10.2 Å². The van der Waals surface area contributed by atoms with Gasteiger partial charge in [-0.05, 0) is 18.2 Å². The van der Waals surface area contributed by atoms with E-state index in [1.807, 2.05) is 0 Å². The van der Waals surface area contributed by atoms with E-state index in [9.17, 15) is 35.3 Å². The summed E-state index contributed by atoms with van der Waals surface area (Å²) in [5, 5.41) is 49.4. The molecule has 3 rings (SSSR count). The number of carbonyl (C=O) groups excluding carboxylic acids is 1. The summed E-state index contributed by atoms with van der Waals surface area (Å²) in [6.07, 6.45) is 1.26. The number of para-hydroxylation sites is 1. The third-order valence-electron chi connectivity index (χ3n) is 3.59. The van der Waals surface area contributed by atoms with Gasteiger partial charge in [-0.2, -0.15) is 4.73 Å². The molecule has 0 aliphatic heterocycles. The molecule has 2 aromatic rings. The van der Waals surface area contributed by atoms with Crippen molar-refractivity contribution in [2.45, 2.75) is 0 Å². The molecule has 0 saturated carbocycles. The fourth-order valence-corrected chi connectivity index (χ4v) is 2.34. The Morgan fingerprint density at radius 2 is 1.74 bits per heavy atom. The maximum atomic E-state index is 12.0. The van der Waals surface area contributed by atoms with Gasteiger partial charge in [0.2, 0.25) is 0 Å². The van der Waals surface area contributed by atoms with Crippen molar-refractivity contribution in [3.63, 3.8) is 0 Å². The summed E-state index contributed by atoms with van der Waals surface area (Å²) in [7, 11) is 0. The van der Waals surface area contributed by atoms with Crippen LogP contribution in [0.5, 0.6) is 5.75 Å². The number of Topliss-reactive ketones (excluding diaryl/α,β-unsaturated/α-hetero) is 1. The number of aromatic nitrogens is 1. The number of rotatable bonds is 3. The van der Waals surface area contributed by atoms with E-state index in [2.05, 4.69) is 10.2 Å². The van der Waals surface area contributed by atoms with Crippen LogP contribution in [-0.2, 0) is 4.79 Å². The summed E-state index contributed by atoms with van der Waals surface area (Å²) in [5.41, 5.74) is -2.58. The van der Waals surface area contributed by atoms with Crippen LogP contribution in [0.25, 0.3) is 10.9 Å². The SMILES string of the molecule is O=C1C([N+](=O)[O-])=CC([N+](=O)[O-])=CC1=NN=c1ccc2cccc(O)c2n1O. The van der Waals surface area contributed by atoms with Gasteiger partial charge >= 0.3 is 5.70 Å². The molecule has 1 aromatic carbocycles.